The van der Waals surface area contributed by atoms with Crippen molar-refractivity contribution in [2.45, 2.75) is 83.1 Å². The molecule has 2 aliphatic rings. The summed E-state index contributed by atoms with van der Waals surface area (Å²) in [5, 5.41) is 0. The van der Waals surface area contributed by atoms with Crippen molar-refractivity contribution in [3.8, 4) is 44.5 Å². The van der Waals surface area contributed by atoms with Crippen molar-refractivity contribution in [2.24, 2.45) is 0 Å². The molecule has 2 N–H and O–H groups in total. The maximum absolute atomic E-state index is 5.63. The van der Waals surface area contributed by atoms with Crippen molar-refractivity contribution in [3.05, 3.63) is 162 Å². The molecule has 5 heterocycles. The predicted molar refractivity (Wildman–Crippen MR) is 257 cm³/mol. The lowest BCUT2D eigenvalue weighted by atomic mass is 9.92. The monoisotopic (exact) mass is 782 g/mol. The highest BCUT2D eigenvalue weighted by Gasteiger charge is 2.23. The highest BCUT2D eigenvalue weighted by Crippen LogP contribution is 2.43. The van der Waals surface area contributed by atoms with Gasteiger partial charge in [-0.2, -0.15) is 0 Å². The molecule has 0 unspecified atom stereocenters. The number of benzene rings is 4. The minimum atomic E-state index is 0.934. The van der Waals surface area contributed by atoms with E-state index in [1.807, 2.05) is 0 Å². The summed E-state index contributed by atoms with van der Waals surface area (Å²) in [6, 6.07) is 27.3. The largest absolute Gasteiger partial charge is 0.354 e. The Balaban J connectivity index is 1.54. The van der Waals surface area contributed by atoms with Crippen LogP contribution in [0.3, 0.4) is 0 Å². The second-order valence-corrected chi connectivity index (χ2v) is 17.6. The Labute approximate surface area is 354 Å². The van der Waals surface area contributed by atoms with E-state index in [9.17, 15) is 0 Å². The van der Waals surface area contributed by atoms with Gasteiger partial charge >= 0.3 is 0 Å². The van der Waals surface area contributed by atoms with Gasteiger partial charge in [0.05, 0.1) is 22.8 Å². The van der Waals surface area contributed by atoms with E-state index >= 15 is 0 Å². The van der Waals surface area contributed by atoms with Crippen molar-refractivity contribution < 1.29 is 0 Å². The molecule has 4 heteroatoms. The van der Waals surface area contributed by atoms with Gasteiger partial charge in [-0.05, 0) is 198 Å². The third kappa shape index (κ3) is 6.55. The molecule has 0 aliphatic carbocycles. The third-order valence-electron chi connectivity index (χ3n) is 12.5. The molecule has 0 fully saturated rings. The smallest absolute Gasteiger partial charge is 0.0737 e. The summed E-state index contributed by atoms with van der Waals surface area (Å²) in [5.41, 5.74) is 31.8. The molecule has 60 heavy (non-hydrogen) atoms. The van der Waals surface area contributed by atoms with E-state index in [1.54, 1.807) is 0 Å². The second-order valence-electron chi connectivity index (χ2n) is 17.6. The van der Waals surface area contributed by atoms with Crippen LogP contribution in [0, 0.1) is 83.1 Å². The SMILES string of the molecule is Cc1cc(C)c(-c2c3nc(c(-c4c(C)cc(C)cc4C)c4ccc([nH]4)c(-c4c(C)cc(C)cc4C)c4nc(c(-c5c(C)cc(C)cc5C)c5ccc2[nH]5)C=C4)C=C3)c(C)c1. The van der Waals surface area contributed by atoms with E-state index in [0.717, 1.165) is 67.1 Å². The molecular formula is C56H54N4. The van der Waals surface area contributed by atoms with Gasteiger partial charge in [-0.1, -0.05) is 70.8 Å². The fraction of sp³-hybridized carbons (Fsp3) is 0.214. The topological polar surface area (TPSA) is 57.4 Å². The number of nitrogens with zero attached hydrogens (tertiary/aromatic N) is 2. The van der Waals surface area contributed by atoms with Gasteiger partial charge in [0.25, 0.3) is 0 Å². The van der Waals surface area contributed by atoms with Gasteiger partial charge in [0.2, 0.25) is 0 Å². The zero-order valence-electron chi connectivity index (χ0n) is 37.1. The Morgan fingerprint density at radius 3 is 0.633 bits per heavy atom. The average Bonchev–Trinajstić information content (AvgIpc) is 3.99. The molecule has 0 saturated heterocycles. The molecule has 0 saturated carbocycles. The number of aryl methyl sites for hydroxylation is 12. The fourth-order valence-corrected chi connectivity index (χ4v) is 10.6. The zero-order valence-corrected chi connectivity index (χ0v) is 37.1. The average molecular weight is 783 g/mol. The van der Waals surface area contributed by atoms with Crippen LogP contribution in [0.5, 0.6) is 0 Å². The van der Waals surface area contributed by atoms with Gasteiger partial charge in [0.15, 0.2) is 0 Å². The summed E-state index contributed by atoms with van der Waals surface area (Å²) >= 11 is 0. The van der Waals surface area contributed by atoms with Gasteiger partial charge in [-0.3, -0.25) is 0 Å². The molecule has 0 radical (unpaired) electrons. The molecule has 4 aromatic carbocycles. The Kier molecular flexibility index (Phi) is 9.51. The van der Waals surface area contributed by atoms with Crippen molar-refractivity contribution in [1.82, 2.24) is 19.9 Å². The Hall–Kier alpha value is -6.52. The number of fused-ring (bicyclic) bond motifs is 8. The minimum absolute atomic E-state index is 0.934. The summed E-state index contributed by atoms with van der Waals surface area (Å²) in [6.07, 6.45) is 8.85. The van der Waals surface area contributed by atoms with E-state index in [0.29, 0.717) is 0 Å². The van der Waals surface area contributed by atoms with Crippen LogP contribution in [0.15, 0.2) is 72.8 Å². The second kappa shape index (κ2) is 14.6. The van der Waals surface area contributed by atoms with Crippen LogP contribution < -0.4 is 0 Å². The van der Waals surface area contributed by atoms with Crippen LogP contribution in [0.4, 0.5) is 0 Å². The lowest BCUT2D eigenvalue weighted by molar-refractivity contribution is 1.27. The van der Waals surface area contributed by atoms with E-state index in [1.165, 1.54) is 89.0 Å². The quantitative estimate of drug-likeness (QED) is 0.187. The van der Waals surface area contributed by atoms with Gasteiger partial charge in [0.1, 0.15) is 0 Å². The standard InChI is InChI=1S/C56H54N4/c1-29-21-33(5)49(34(6)22-29)53-41-13-15-43(57-41)54(50-35(7)23-30(2)24-36(50)8)45-17-19-47(59-45)56(52-39(11)27-32(4)28-40(52)12)48-20-18-46(60-48)55(44-16-14-42(53)58-44)51-37(9)25-31(3)26-38(51)10/h13-28,57,60H,1-12H3. The first-order chi connectivity index (χ1) is 28.7. The number of aromatic amines is 2. The molecule has 2 aliphatic heterocycles. The highest BCUT2D eigenvalue weighted by molar-refractivity contribution is 6.02. The molecule has 8 bridgehead atoms. The van der Waals surface area contributed by atoms with E-state index in [4.69, 9.17) is 9.97 Å². The Morgan fingerprint density at radius 2 is 0.450 bits per heavy atom. The predicted octanol–water partition coefficient (Wildman–Crippen LogP) is 15.0. The lowest BCUT2D eigenvalue weighted by Gasteiger charge is -2.15. The number of H-pyrrole nitrogens is 2. The Bertz CT molecular complexity index is 2700. The first-order valence-corrected chi connectivity index (χ1v) is 21.2. The summed E-state index contributed by atoms with van der Waals surface area (Å²) in [5.74, 6) is 0. The molecular weight excluding hydrogens is 729 g/mol. The van der Waals surface area contributed by atoms with Crippen molar-refractivity contribution >= 4 is 46.4 Å². The third-order valence-corrected chi connectivity index (χ3v) is 12.5. The first-order valence-electron chi connectivity index (χ1n) is 21.2. The maximum atomic E-state index is 5.63. The van der Waals surface area contributed by atoms with E-state index in [2.05, 4.69) is 190 Å². The van der Waals surface area contributed by atoms with Crippen LogP contribution in [-0.4, -0.2) is 19.9 Å². The molecule has 298 valence electrons. The van der Waals surface area contributed by atoms with Gasteiger partial charge in [0, 0.05) is 44.3 Å². The van der Waals surface area contributed by atoms with Crippen LogP contribution in [0.25, 0.3) is 90.9 Å². The summed E-state index contributed by atoms with van der Waals surface area (Å²) in [6.45, 7) is 26.5. The van der Waals surface area contributed by atoms with Gasteiger partial charge in [-0.25, -0.2) is 9.97 Å². The van der Waals surface area contributed by atoms with Gasteiger partial charge in [-0.15, -0.1) is 0 Å². The molecule has 3 aromatic heterocycles. The summed E-state index contributed by atoms with van der Waals surface area (Å²) in [7, 11) is 0. The molecule has 0 amide bonds. The Morgan fingerprint density at radius 1 is 0.267 bits per heavy atom. The molecule has 4 nitrogen and oxygen atoms in total. The normalized spacial score (nSPS) is 12.2. The van der Waals surface area contributed by atoms with Crippen molar-refractivity contribution in [1.29, 1.82) is 0 Å². The lowest BCUT2D eigenvalue weighted by Crippen LogP contribution is -1.96. The number of rotatable bonds is 4. The highest BCUT2D eigenvalue weighted by atomic mass is 14.8. The molecule has 0 atom stereocenters. The van der Waals surface area contributed by atoms with Crippen molar-refractivity contribution in [2.75, 3.05) is 0 Å². The van der Waals surface area contributed by atoms with E-state index in [-0.39, 0.29) is 0 Å². The maximum Gasteiger partial charge on any atom is 0.0737 e. The molecule has 7 aromatic rings. The zero-order chi connectivity index (χ0) is 42.3. The number of hydrogen-bond donors (Lipinski definition) is 2. The molecule has 9 rings (SSSR count). The number of hydrogen-bond acceptors (Lipinski definition) is 2. The summed E-state index contributed by atoms with van der Waals surface area (Å²) < 4.78 is 0. The van der Waals surface area contributed by atoms with Crippen LogP contribution in [0.1, 0.15) is 89.5 Å². The molecule has 0 spiro atoms. The fourth-order valence-electron chi connectivity index (χ4n) is 10.6. The number of aromatic nitrogens is 4. The number of nitrogens with one attached hydrogen (secondary N) is 2. The first kappa shape index (κ1) is 39.0. The van der Waals surface area contributed by atoms with Crippen LogP contribution >= 0.6 is 0 Å². The minimum Gasteiger partial charge on any atom is -0.354 e. The van der Waals surface area contributed by atoms with Crippen LogP contribution in [0.2, 0.25) is 0 Å². The van der Waals surface area contributed by atoms with Gasteiger partial charge < -0.3 is 9.97 Å². The van der Waals surface area contributed by atoms with Crippen LogP contribution in [-0.2, 0) is 0 Å². The van der Waals surface area contributed by atoms with E-state index < -0.39 is 0 Å². The van der Waals surface area contributed by atoms with Crippen molar-refractivity contribution in [3.63, 3.8) is 0 Å². The summed E-state index contributed by atoms with van der Waals surface area (Å²) in [4.78, 5) is 19.2.